The standard InChI is InChI=1S/C16H25N3O/c1-19(2)16(8-3-4-9-16)12-18-15(20)14-7-5-6-13(10-14)11-17/h5-7,10H,3-4,8-9,11-12,17H2,1-2H3,(H,18,20). The molecule has 4 nitrogen and oxygen atoms in total. The van der Waals surface area contributed by atoms with E-state index in [9.17, 15) is 4.79 Å². The maximum absolute atomic E-state index is 12.3. The molecule has 1 aliphatic rings. The lowest BCUT2D eigenvalue weighted by Crippen LogP contribution is -2.50. The monoisotopic (exact) mass is 275 g/mol. The van der Waals surface area contributed by atoms with Gasteiger partial charge in [-0.1, -0.05) is 25.0 Å². The van der Waals surface area contributed by atoms with Crippen LogP contribution < -0.4 is 11.1 Å². The van der Waals surface area contributed by atoms with Crippen LogP contribution in [0.4, 0.5) is 0 Å². The van der Waals surface area contributed by atoms with Gasteiger partial charge >= 0.3 is 0 Å². The van der Waals surface area contributed by atoms with Crippen LogP contribution in [-0.2, 0) is 6.54 Å². The highest BCUT2D eigenvalue weighted by Gasteiger charge is 2.36. The normalized spacial score (nSPS) is 17.4. The number of amides is 1. The van der Waals surface area contributed by atoms with E-state index in [0.29, 0.717) is 18.7 Å². The largest absolute Gasteiger partial charge is 0.350 e. The molecule has 1 saturated carbocycles. The Kier molecular flexibility index (Phi) is 4.78. The van der Waals surface area contributed by atoms with Crippen molar-refractivity contribution >= 4 is 5.91 Å². The molecular weight excluding hydrogens is 250 g/mol. The molecule has 0 radical (unpaired) electrons. The molecular formula is C16H25N3O. The van der Waals surface area contributed by atoms with Crippen molar-refractivity contribution in [3.8, 4) is 0 Å². The molecule has 20 heavy (non-hydrogen) atoms. The summed E-state index contributed by atoms with van der Waals surface area (Å²) in [5.74, 6) is -0.00609. The van der Waals surface area contributed by atoms with Crippen molar-refractivity contribution in [1.82, 2.24) is 10.2 Å². The second-order valence-corrected chi connectivity index (χ2v) is 5.91. The van der Waals surface area contributed by atoms with Crippen LogP contribution in [0.25, 0.3) is 0 Å². The minimum atomic E-state index is -0.00609. The molecule has 110 valence electrons. The molecule has 1 aromatic rings. The molecule has 0 saturated heterocycles. The minimum Gasteiger partial charge on any atom is -0.350 e. The molecule has 4 heteroatoms. The summed E-state index contributed by atoms with van der Waals surface area (Å²) in [4.78, 5) is 14.5. The lowest BCUT2D eigenvalue weighted by atomic mass is 9.96. The van der Waals surface area contributed by atoms with Gasteiger partial charge in [-0.25, -0.2) is 0 Å². The van der Waals surface area contributed by atoms with Crippen molar-refractivity contribution in [3.63, 3.8) is 0 Å². The number of carbonyl (C=O) groups is 1. The molecule has 0 spiro atoms. The first-order valence-corrected chi connectivity index (χ1v) is 7.32. The third-order valence-electron chi connectivity index (χ3n) is 4.49. The third kappa shape index (κ3) is 3.19. The van der Waals surface area contributed by atoms with Crippen LogP contribution in [0.15, 0.2) is 24.3 Å². The van der Waals surface area contributed by atoms with Crippen LogP contribution in [0, 0.1) is 0 Å². The Hall–Kier alpha value is -1.39. The summed E-state index contributed by atoms with van der Waals surface area (Å²) in [6, 6.07) is 7.53. The molecule has 0 atom stereocenters. The number of nitrogens with two attached hydrogens (primary N) is 1. The van der Waals surface area contributed by atoms with Crippen molar-refractivity contribution < 1.29 is 4.79 Å². The van der Waals surface area contributed by atoms with E-state index < -0.39 is 0 Å². The zero-order chi connectivity index (χ0) is 14.6. The van der Waals surface area contributed by atoms with Gasteiger partial charge in [-0.05, 0) is 44.6 Å². The van der Waals surface area contributed by atoms with E-state index in [0.717, 1.165) is 18.4 Å². The van der Waals surface area contributed by atoms with Crippen molar-refractivity contribution in [2.45, 2.75) is 37.8 Å². The molecule has 0 aromatic heterocycles. The van der Waals surface area contributed by atoms with Crippen LogP contribution in [0.3, 0.4) is 0 Å². The number of hydrogen-bond acceptors (Lipinski definition) is 3. The van der Waals surface area contributed by atoms with Gasteiger partial charge in [0.15, 0.2) is 0 Å². The highest BCUT2D eigenvalue weighted by Crippen LogP contribution is 2.33. The van der Waals surface area contributed by atoms with Crippen LogP contribution in [0.5, 0.6) is 0 Å². The molecule has 1 aliphatic carbocycles. The Balaban J connectivity index is 2.00. The number of rotatable bonds is 5. The SMILES string of the molecule is CN(C)C1(CNC(=O)c2cccc(CN)c2)CCCC1. The number of benzene rings is 1. The number of nitrogens with one attached hydrogen (secondary N) is 1. The smallest absolute Gasteiger partial charge is 0.251 e. The minimum absolute atomic E-state index is 0.00609. The van der Waals surface area contributed by atoms with Gasteiger partial charge in [0.05, 0.1) is 0 Å². The number of carbonyl (C=O) groups excluding carboxylic acids is 1. The van der Waals surface area contributed by atoms with Gasteiger partial charge in [-0.3, -0.25) is 4.79 Å². The number of nitrogens with zero attached hydrogens (tertiary/aromatic N) is 1. The van der Waals surface area contributed by atoms with E-state index in [1.807, 2.05) is 24.3 Å². The topological polar surface area (TPSA) is 58.4 Å². The first-order chi connectivity index (χ1) is 9.57. The van der Waals surface area contributed by atoms with E-state index in [4.69, 9.17) is 5.73 Å². The van der Waals surface area contributed by atoms with Gasteiger partial charge in [-0.15, -0.1) is 0 Å². The molecule has 0 aliphatic heterocycles. The maximum Gasteiger partial charge on any atom is 0.251 e. The number of likely N-dealkylation sites (N-methyl/N-ethyl adjacent to an activating group) is 1. The van der Waals surface area contributed by atoms with Gasteiger partial charge in [0.25, 0.3) is 5.91 Å². The molecule has 0 unspecified atom stereocenters. The molecule has 0 bridgehead atoms. The lowest BCUT2D eigenvalue weighted by molar-refractivity contribution is 0.0900. The summed E-state index contributed by atoms with van der Waals surface area (Å²) < 4.78 is 0. The Morgan fingerprint density at radius 3 is 2.65 bits per heavy atom. The first-order valence-electron chi connectivity index (χ1n) is 7.32. The first kappa shape index (κ1) is 15.0. The Labute approximate surface area is 121 Å². The van der Waals surface area contributed by atoms with Crippen molar-refractivity contribution in [3.05, 3.63) is 35.4 Å². The quantitative estimate of drug-likeness (QED) is 0.860. The predicted octanol–water partition coefficient (Wildman–Crippen LogP) is 1.75. The van der Waals surface area contributed by atoms with Crippen molar-refractivity contribution in [1.29, 1.82) is 0 Å². The fourth-order valence-electron chi connectivity index (χ4n) is 3.00. The third-order valence-corrected chi connectivity index (χ3v) is 4.49. The van der Waals surface area contributed by atoms with Crippen LogP contribution >= 0.6 is 0 Å². The zero-order valence-electron chi connectivity index (χ0n) is 12.5. The highest BCUT2D eigenvalue weighted by atomic mass is 16.1. The van der Waals surface area contributed by atoms with Gasteiger partial charge in [0.2, 0.25) is 0 Å². The molecule has 1 amide bonds. The fraction of sp³-hybridized carbons (Fsp3) is 0.562. The second kappa shape index (κ2) is 6.37. The molecule has 3 N–H and O–H groups in total. The van der Waals surface area contributed by atoms with E-state index in [-0.39, 0.29) is 11.4 Å². The summed E-state index contributed by atoms with van der Waals surface area (Å²) in [6.07, 6.45) is 4.81. The van der Waals surface area contributed by atoms with Crippen molar-refractivity contribution in [2.75, 3.05) is 20.6 Å². The molecule has 1 fully saturated rings. The summed E-state index contributed by atoms with van der Waals surface area (Å²) in [6.45, 7) is 1.18. The highest BCUT2D eigenvalue weighted by molar-refractivity contribution is 5.94. The van der Waals surface area contributed by atoms with E-state index in [2.05, 4.69) is 24.3 Å². The van der Waals surface area contributed by atoms with Crippen LogP contribution in [0.2, 0.25) is 0 Å². The van der Waals surface area contributed by atoms with Crippen LogP contribution in [-0.4, -0.2) is 37.0 Å². The predicted molar refractivity (Wildman–Crippen MR) is 81.6 cm³/mol. The Morgan fingerprint density at radius 1 is 1.35 bits per heavy atom. The molecule has 2 rings (SSSR count). The summed E-state index contributed by atoms with van der Waals surface area (Å²) in [5, 5.41) is 3.09. The summed E-state index contributed by atoms with van der Waals surface area (Å²) >= 11 is 0. The second-order valence-electron chi connectivity index (χ2n) is 5.91. The number of hydrogen-bond donors (Lipinski definition) is 2. The average molecular weight is 275 g/mol. The molecule has 1 aromatic carbocycles. The van der Waals surface area contributed by atoms with E-state index in [1.165, 1.54) is 12.8 Å². The Bertz CT molecular complexity index is 465. The summed E-state index contributed by atoms with van der Waals surface area (Å²) in [7, 11) is 4.21. The van der Waals surface area contributed by atoms with Crippen molar-refractivity contribution in [2.24, 2.45) is 5.73 Å². The van der Waals surface area contributed by atoms with Gasteiger partial charge in [0.1, 0.15) is 0 Å². The van der Waals surface area contributed by atoms with Gasteiger partial charge in [-0.2, -0.15) is 0 Å². The zero-order valence-corrected chi connectivity index (χ0v) is 12.5. The lowest BCUT2D eigenvalue weighted by Gasteiger charge is -2.36. The Morgan fingerprint density at radius 2 is 2.05 bits per heavy atom. The maximum atomic E-state index is 12.3. The molecule has 0 heterocycles. The van der Waals surface area contributed by atoms with Crippen LogP contribution in [0.1, 0.15) is 41.6 Å². The van der Waals surface area contributed by atoms with E-state index in [1.54, 1.807) is 0 Å². The van der Waals surface area contributed by atoms with Gasteiger partial charge < -0.3 is 16.0 Å². The van der Waals surface area contributed by atoms with E-state index >= 15 is 0 Å². The van der Waals surface area contributed by atoms with Gasteiger partial charge in [0, 0.05) is 24.2 Å². The fourth-order valence-corrected chi connectivity index (χ4v) is 3.00. The average Bonchev–Trinajstić information content (AvgIpc) is 2.95. The summed E-state index contributed by atoms with van der Waals surface area (Å²) in [5.41, 5.74) is 7.42.